The first kappa shape index (κ1) is 13.0. The van der Waals surface area contributed by atoms with Gasteiger partial charge in [0.1, 0.15) is 5.82 Å². The van der Waals surface area contributed by atoms with Crippen LogP contribution in [0.1, 0.15) is 16.8 Å². The molecule has 0 unspecified atom stereocenters. The molecule has 0 saturated heterocycles. The van der Waals surface area contributed by atoms with Crippen molar-refractivity contribution in [3.63, 3.8) is 0 Å². The van der Waals surface area contributed by atoms with Crippen LogP contribution in [0.2, 0.25) is 0 Å². The zero-order valence-electron chi connectivity index (χ0n) is 13.0. The van der Waals surface area contributed by atoms with Gasteiger partial charge in [-0.15, -0.1) is 0 Å². The first-order valence-electron chi connectivity index (χ1n) is 7.40. The van der Waals surface area contributed by atoms with Crippen molar-refractivity contribution in [2.45, 2.75) is 20.8 Å². The van der Waals surface area contributed by atoms with E-state index in [2.05, 4.69) is 64.2 Å². The minimum Gasteiger partial charge on any atom is -0.382 e. The van der Waals surface area contributed by atoms with Crippen LogP contribution in [0.25, 0.3) is 22.5 Å². The third-order valence-electron chi connectivity index (χ3n) is 4.35. The number of aromatic nitrogens is 3. The maximum absolute atomic E-state index is 6.07. The number of rotatable bonds is 1. The van der Waals surface area contributed by atoms with Gasteiger partial charge in [-0.1, -0.05) is 30.3 Å². The number of aryl methyl sites for hydroxylation is 3. The van der Waals surface area contributed by atoms with Crippen LogP contribution in [0.5, 0.6) is 0 Å². The van der Waals surface area contributed by atoms with E-state index in [1.54, 1.807) is 0 Å². The molecule has 4 heteroatoms. The molecule has 0 radical (unpaired) electrons. The molecule has 2 N–H and O–H groups in total. The van der Waals surface area contributed by atoms with Crippen LogP contribution in [0.3, 0.4) is 0 Å². The SMILES string of the molecule is Cc1cccc(C)c1-n1c2ccccc2n2c(C)c(N)nc12. The molecule has 0 spiro atoms. The lowest BCUT2D eigenvalue weighted by atomic mass is 10.1. The number of fused-ring (bicyclic) bond motifs is 3. The number of hydrogen-bond acceptors (Lipinski definition) is 2. The Morgan fingerprint density at radius 3 is 2.18 bits per heavy atom. The standard InChI is InChI=1S/C18H18N4/c1-11-7-6-8-12(2)16(11)22-15-10-5-4-9-14(15)21-13(3)17(19)20-18(21)22/h4-10H,19H2,1-3H3. The third-order valence-corrected chi connectivity index (χ3v) is 4.35. The second-order valence-electron chi connectivity index (χ2n) is 5.78. The second-order valence-corrected chi connectivity index (χ2v) is 5.78. The molecule has 0 bridgehead atoms. The Balaban J connectivity index is 2.28. The summed E-state index contributed by atoms with van der Waals surface area (Å²) in [7, 11) is 0. The number of imidazole rings is 2. The molecule has 110 valence electrons. The van der Waals surface area contributed by atoms with E-state index in [4.69, 9.17) is 5.73 Å². The lowest BCUT2D eigenvalue weighted by Crippen LogP contribution is -2.01. The average molecular weight is 290 g/mol. The largest absolute Gasteiger partial charge is 0.382 e. The molecule has 2 aromatic carbocycles. The van der Waals surface area contributed by atoms with Crippen LogP contribution in [-0.4, -0.2) is 14.0 Å². The van der Waals surface area contributed by atoms with Gasteiger partial charge in [0, 0.05) is 0 Å². The number of anilines is 1. The molecule has 0 aliphatic carbocycles. The maximum atomic E-state index is 6.07. The van der Waals surface area contributed by atoms with E-state index in [9.17, 15) is 0 Å². The molecule has 0 aliphatic heterocycles. The van der Waals surface area contributed by atoms with Crippen LogP contribution in [0.15, 0.2) is 42.5 Å². The van der Waals surface area contributed by atoms with Crippen molar-refractivity contribution in [1.82, 2.24) is 14.0 Å². The minimum absolute atomic E-state index is 0.584. The van der Waals surface area contributed by atoms with Gasteiger partial charge in [0.05, 0.1) is 22.4 Å². The quantitative estimate of drug-likeness (QED) is 0.580. The Bertz CT molecular complexity index is 1000. The van der Waals surface area contributed by atoms with Gasteiger partial charge in [0.2, 0.25) is 5.78 Å². The Morgan fingerprint density at radius 2 is 1.50 bits per heavy atom. The van der Waals surface area contributed by atoms with Crippen LogP contribution in [-0.2, 0) is 0 Å². The summed E-state index contributed by atoms with van der Waals surface area (Å²) in [5.41, 5.74) is 12.9. The van der Waals surface area contributed by atoms with E-state index in [0.29, 0.717) is 5.82 Å². The van der Waals surface area contributed by atoms with Gasteiger partial charge in [-0.05, 0) is 44.0 Å². The first-order chi connectivity index (χ1) is 10.6. The van der Waals surface area contributed by atoms with E-state index in [1.807, 2.05) is 13.0 Å². The number of para-hydroxylation sites is 3. The summed E-state index contributed by atoms with van der Waals surface area (Å²) in [5, 5.41) is 0. The van der Waals surface area contributed by atoms with Crippen molar-refractivity contribution >= 4 is 22.6 Å². The fourth-order valence-corrected chi connectivity index (χ4v) is 3.27. The average Bonchev–Trinajstić information content (AvgIpc) is 2.95. The van der Waals surface area contributed by atoms with E-state index in [-0.39, 0.29) is 0 Å². The highest BCUT2D eigenvalue weighted by Gasteiger charge is 2.19. The molecule has 2 heterocycles. The predicted octanol–water partition coefficient (Wildman–Crippen LogP) is 3.79. The monoisotopic (exact) mass is 290 g/mol. The maximum Gasteiger partial charge on any atom is 0.221 e. The van der Waals surface area contributed by atoms with Gasteiger partial charge in [-0.2, -0.15) is 4.98 Å². The van der Waals surface area contributed by atoms with Gasteiger partial charge in [0.15, 0.2) is 0 Å². The third kappa shape index (κ3) is 1.55. The van der Waals surface area contributed by atoms with Crippen molar-refractivity contribution < 1.29 is 0 Å². The summed E-state index contributed by atoms with van der Waals surface area (Å²) in [4.78, 5) is 4.61. The van der Waals surface area contributed by atoms with Crippen molar-refractivity contribution in [2.75, 3.05) is 5.73 Å². The van der Waals surface area contributed by atoms with Crippen molar-refractivity contribution in [3.8, 4) is 5.69 Å². The van der Waals surface area contributed by atoms with E-state index in [0.717, 1.165) is 22.5 Å². The number of nitrogens with zero attached hydrogens (tertiary/aromatic N) is 3. The van der Waals surface area contributed by atoms with Crippen LogP contribution >= 0.6 is 0 Å². The summed E-state index contributed by atoms with van der Waals surface area (Å²) in [6, 6.07) is 14.7. The first-order valence-corrected chi connectivity index (χ1v) is 7.40. The molecule has 0 aliphatic rings. The fraction of sp³-hybridized carbons (Fsp3) is 0.167. The highest BCUT2D eigenvalue weighted by Crippen LogP contribution is 2.30. The fourth-order valence-electron chi connectivity index (χ4n) is 3.27. The molecule has 0 atom stereocenters. The van der Waals surface area contributed by atoms with E-state index in [1.165, 1.54) is 16.8 Å². The van der Waals surface area contributed by atoms with E-state index >= 15 is 0 Å². The molecule has 4 aromatic rings. The molecule has 0 saturated carbocycles. The summed E-state index contributed by atoms with van der Waals surface area (Å²) < 4.78 is 4.35. The Morgan fingerprint density at radius 1 is 0.864 bits per heavy atom. The van der Waals surface area contributed by atoms with E-state index < -0.39 is 0 Å². The normalized spacial score (nSPS) is 11.6. The topological polar surface area (TPSA) is 48.2 Å². The molecular formula is C18H18N4. The number of benzene rings is 2. The number of nitrogen functional groups attached to an aromatic ring is 1. The molecule has 2 aromatic heterocycles. The zero-order valence-corrected chi connectivity index (χ0v) is 13.0. The van der Waals surface area contributed by atoms with Gasteiger partial charge >= 0.3 is 0 Å². The summed E-state index contributed by atoms with van der Waals surface area (Å²) in [6.07, 6.45) is 0. The zero-order chi connectivity index (χ0) is 15.4. The van der Waals surface area contributed by atoms with Gasteiger partial charge in [-0.25, -0.2) is 0 Å². The minimum atomic E-state index is 0.584. The summed E-state index contributed by atoms with van der Waals surface area (Å²) >= 11 is 0. The Hall–Kier alpha value is -2.75. The van der Waals surface area contributed by atoms with Gasteiger partial charge in [0.25, 0.3) is 0 Å². The highest BCUT2D eigenvalue weighted by atomic mass is 15.2. The molecule has 22 heavy (non-hydrogen) atoms. The second kappa shape index (κ2) is 4.37. The summed E-state index contributed by atoms with van der Waals surface area (Å²) in [5.74, 6) is 1.45. The van der Waals surface area contributed by atoms with Crippen LogP contribution < -0.4 is 5.73 Å². The Labute approximate surface area is 128 Å². The lowest BCUT2D eigenvalue weighted by molar-refractivity contribution is 1.06. The van der Waals surface area contributed by atoms with Crippen molar-refractivity contribution in [3.05, 3.63) is 59.3 Å². The number of nitrogens with two attached hydrogens (primary N) is 1. The molecule has 4 nitrogen and oxygen atoms in total. The lowest BCUT2D eigenvalue weighted by Gasteiger charge is -2.12. The van der Waals surface area contributed by atoms with Crippen molar-refractivity contribution in [2.24, 2.45) is 0 Å². The van der Waals surface area contributed by atoms with Crippen LogP contribution in [0, 0.1) is 20.8 Å². The molecular weight excluding hydrogens is 272 g/mol. The predicted molar refractivity (Wildman–Crippen MR) is 90.6 cm³/mol. The molecule has 4 rings (SSSR count). The smallest absolute Gasteiger partial charge is 0.221 e. The molecule has 0 amide bonds. The summed E-state index contributed by atoms with van der Waals surface area (Å²) in [6.45, 7) is 6.27. The van der Waals surface area contributed by atoms with Gasteiger partial charge < -0.3 is 5.73 Å². The van der Waals surface area contributed by atoms with Gasteiger partial charge in [-0.3, -0.25) is 8.97 Å². The number of hydrogen-bond donors (Lipinski definition) is 1. The highest BCUT2D eigenvalue weighted by molar-refractivity contribution is 5.85. The molecule has 0 fully saturated rings. The van der Waals surface area contributed by atoms with Crippen LogP contribution in [0.4, 0.5) is 5.82 Å². The van der Waals surface area contributed by atoms with Crippen molar-refractivity contribution in [1.29, 1.82) is 0 Å². The Kier molecular flexibility index (Phi) is 2.57.